The molecule has 3 aromatic rings. The third-order valence-corrected chi connectivity index (χ3v) is 11.3. The van der Waals surface area contributed by atoms with Crippen molar-refractivity contribution in [3.05, 3.63) is 102 Å². The number of carbonyl (C=O) groups is 2. The highest BCUT2D eigenvalue weighted by Crippen LogP contribution is 2.58. The zero-order chi connectivity index (χ0) is 25.8. The SMILES string of the molecule is CCOC(=O)C(C[P+](c1ccccc1)(c1ccccc1)c1ccccc1)C1=C(O)CC(C)(C)CC1=O. The van der Waals surface area contributed by atoms with Crippen LogP contribution in [0.25, 0.3) is 0 Å². The van der Waals surface area contributed by atoms with Gasteiger partial charge in [-0.05, 0) is 48.7 Å². The summed E-state index contributed by atoms with van der Waals surface area (Å²) in [5, 5.41) is 14.5. The second kappa shape index (κ2) is 10.8. The first-order chi connectivity index (χ1) is 17.3. The number of Topliss-reactive ketones (excluding diaryl/α,β-unsaturated/α-hetero) is 1. The molecular weight excluding hydrogens is 467 g/mol. The molecule has 3 aromatic carbocycles. The van der Waals surface area contributed by atoms with E-state index in [4.69, 9.17) is 4.74 Å². The number of hydrogen-bond donors (Lipinski definition) is 1. The lowest BCUT2D eigenvalue weighted by Gasteiger charge is -2.34. The van der Waals surface area contributed by atoms with Crippen LogP contribution < -0.4 is 15.9 Å². The molecule has 36 heavy (non-hydrogen) atoms. The van der Waals surface area contributed by atoms with E-state index in [2.05, 4.69) is 36.4 Å². The highest BCUT2D eigenvalue weighted by Gasteiger charge is 2.52. The lowest BCUT2D eigenvalue weighted by Crippen LogP contribution is -2.41. The number of benzene rings is 3. The Labute approximate surface area is 214 Å². The average molecular weight is 502 g/mol. The van der Waals surface area contributed by atoms with Crippen LogP contribution in [0, 0.1) is 11.3 Å². The van der Waals surface area contributed by atoms with E-state index in [-0.39, 0.29) is 35.6 Å². The number of allylic oxidation sites excluding steroid dienone is 1. The summed E-state index contributed by atoms with van der Waals surface area (Å²) in [4.78, 5) is 27.0. The van der Waals surface area contributed by atoms with Gasteiger partial charge in [-0.2, -0.15) is 0 Å². The van der Waals surface area contributed by atoms with Gasteiger partial charge in [0, 0.05) is 12.8 Å². The van der Waals surface area contributed by atoms with Crippen molar-refractivity contribution in [1.29, 1.82) is 0 Å². The molecule has 1 N–H and O–H groups in total. The van der Waals surface area contributed by atoms with Crippen molar-refractivity contribution in [2.75, 3.05) is 12.8 Å². The van der Waals surface area contributed by atoms with Gasteiger partial charge in [0.15, 0.2) is 5.78 Å². The zero-order valence-electron chi connectivity index (χ0n) is 21.2. The van der Waals surface area contributed by atoms with Crippen LogP contribution in [0.2, 0.25) is 0 Å². The molecule has 0 bridgehead atoms. The number of carbonyl (C=O) groups excluding carboxylic acids is 2. The summed E-state index contributed by atoms with van der Waals surface area (Å²) < 4.78 is 5.54. The van der Waals surface area contributed by atoms with Crippen molar-refractivity contribution < 1.29 is 19.4 Å². The molecule has 0 heterocycles. The quantitative estimate of drug-likeness (QED) is 0.333. The number of hydrogen-bond acceptors (Lipinski definition) is 4. The molecule has 186 valence electrons. The lowest BCUT2D eigenvalue weighted by molar-refractivity contribution is -0.147. The molecular formula is C31H34O4P+. The molecule has 1 unspecified atom stereocenters. The number of rotatable bonds is 8. The Kier molecular flexibility index (Phi) is 7.76. The fourth-order valence-corrected chi connectivity index (χ4v) is 9.76. The van der Waals surface area contributed by atoms with Crippen LogP contribution in [-0.2, 0) is 14.3 Å². The van der Waals surface area contributed by atoms with Crippen LogP contribution in [0.3, 0.4) is 0 Å². The van der Waals surface area contributed by atoms with Gasteiger partial charge < -0.3 is 9.84 Å². The van der Waals surface area contributed by atoms with Crippen LogP contribution in [0.15, 0.2) is 102 Å². The van der Waals surface area contributed by atoms with Crippen molar-refractivity contribution in [3.8, 4) is 0 Å². The summed E-state index contributed by atoms with van der Waals surface area (Å²) in [5.74, 6) is -1.49. The molecule has 0 saturated heterocycles. The van der Waals surface area contributed by atoms with E-state index in [1.54, 1.807) is 6.92 Å². The van der Waals surface area contributed by atoms with Gasteiger partial charge in [-0.15, -0.1) is 0 Å². The summed E-state index contributed by atoms with van der Waals surface area (Å²) in [6, 6.07) is 30.7. The highest BCUT2D eigenvalue weighted by atomic mass is 31.2. The van der Waals surface area contributed by atoms with Crippen LogP contribution in [0.1, 0.15) is 33.6 Å². The third-order valence-electron chi connectivity index (χ3n) is 6.86. The molecule has 1 aliphatic carbocycles. The third kappa shape index (κ3) is 5.15. The Hall–Kier alpha value is -3.23. The van der Waals surface area contributed by atoms with Gasteiger partial charge >= 0.3 is 5.97 Å². The number of ketones is 1. The molecule has 4 rings (SSSR count). The predicted molar refractivity (Wildman–Crippen MR) is 148 cm³/mol. The average Bonchev–Trinajstić information content (AvgIpc) is 2.87. The van der Waals surface area contributed by atoms with E-state index < -0.39 is 19.1 Å². The monoisotopic (exact) mass is 501 g/mol. The van der Waals surface area contributed by atoms with Crippen LogP contribution >= 0.6 is 7.26 Å². The van der Waals surface area contributed by atoms with Gasteiger partial charge in [-0.25, -0.2) is 0 Å². The molecule has 0 aliphatic heterocycles. The van der Waals surface area contributed by atoms with Gasteiger partial charge in [-0.3, -0.25) is 9.59 Å². The molecule has 0 amide bonds. The number of ether oxygens (including phenoxy) is 1. The fourth-order valence-electron chi connectivity index (χ4n) is 5.31. The van der Waals surface area contributed by atoms with E-state index in [1.165, 1.54) is 0 Å². The normalized spacial score (nSPS) is 16.5. The summed E-state index contributed by atoms with van der Waals surface area (Å²) in [7, 11) is -2.44. The molecule has 0 saturated carbocycles. The van der Waals surface area contributed by atoms with Crippen LogP contribution in [0.5, 0.6) is 0 Å². The summed E-state index contributed by atoms with van der Waals surface area (Å²) >= 11 is 0. The number of aliphatic hydroxyl groups is 1. The van der Waals surface area contributed by atoms with E-state index in [9.17, 15) is 14.7 Å². The second-order valence-corrected chi connectivity index (χ2v) is 13.6. The van der Waals surface area contributed by atoms with Crippen molar-refractivity contribution in [2.24, 2.45) is 11.3 Å². The summed E-state index contributed by atoms with van der Waals surface area (Å²) in [6.07, 6.45) is 1.00. The second-order valence-electron chi connectivity index (χ2n) is 10.1. The molecule has 0 radical (unpaired) electrons. The maximum Gasteiger partial charge on any atom is 0.317 e. The largest absolute Gasteiger partial charge is 0.512 e. The maximum atomic E-state index is 13.6. The Morgan fingerprint density at radius 1 is 0.861 bits per heavy atom. The fraction of sp³-hybridized carbons (Fsp3) is 0.290. The van der Waals surface area contributed by atoms with E-state index in [0.29, 0.717) is 12.6 Å². The maximum absolute atomic E-state index is 13.6. The van der Waals surface area contributed by atoms with Crippen molar-refractivity contribution in [1.82, 2.24) is 0 Å². The first kappa shape index (κ1) is 25.9. The van der Waals surface area contributed by atoms with Gasteiger partial charge in [0.05, 0.1) is 18.3 Å². The lowest BCUT2D eigenvalue weighted by atomic mass is 9.74. The van der Waals surface area contributed by atoms with Gasteiger partial charge in [-0.1, -0.05) is 68.4 Å². The van der Waals surface area contributed by atoms with Crippen LogP contribution in [-0.4, -0.2) is 29.6 Å². The number of aliphatic hydroxyl groups excluding tert-OH is 1. The predicted octanol–water partition coefficient (Wildman–Crippen LogP) is 5.36. The molecule has 0 spiro atoms. The topological polar surface area (TPSA) is 63.6 Å². The van der Waals surface area contributed by atoms with Gasteiger partial charge in [0.25, 0.3) is 0 Å². The minimum Gasteiger partial charge on any atom is -0.512 e. The molecule has 4 nitrogen and oxygen atoms in total. The Balaban J connectivity index is 1.99. The zero-order valence-corrected chi connectivity index (χ0v) is 22.1. The van der Waals surface area contributed by atoms with E-state index in [0.717, 1.165) is 15.9 Å². The summed E-state index contributed by atoms with van der Waals surface area (Å²) in [6.45, 7) is 5.90. The van der Waals surface area contributed by atoms with Gasteiger partial charge in [0.2, 0.25) is 0 Å². The van der Waals surface area contributed by atoms with E-state index in [1.807, 2.05) is 68.4 Å². The molecule has 0 aromatic heterocycles. The molecule has 1 atom stereocenters. The highest BCUT2D eigenvalue weighted by molar-refractivity contribution is 7.95. The standard InChI is InChI=1S/C31H33O4P/c1-4-35-30(34)26(29-27(32)20-31(2,3)21-28(29)33)22-36(23-14-8-5-9-15-23,24-16-10-6-11-17-24)25-18-12-7-13-19-25/h5-19,26H,4,20-22H2,1-3H3/p+1. The first-order valence-corrected chi connectivity index (χ1v) is 14.4. The molecule has 1 aliphatic rings. The molecule has 0 fully saturated rings. The van der Waals surface area contributed by atoms with Crippen molar-refractivity contribution in [3.63, 3.8) is 0 Å². The smallest absolute Gasteiger partial charge is 0.317 e. The van der Waals surface area contributed by atoms with Gasteiger partial charge in [0.1, 0.15) is 34.9 Å². The first-order valence-electron chi connectivity index (χ1n) is 12.5. The summed E-state index contributed by atoms with van der Waals surface area (Å²) in [5.41, 5.74) is -0.131. The Morgan fingerprint density at radius 3 is 1.69 bits per heavy atom. The Bertz CT molecular complexity index is 1140. The van der Waals surface area contributed by atoms with Crippen LogP contribution in [0.4, 0.5) is 0 Å². The van der Waals surface area contributed by atoms with E-state index >= 15 is 0 Å². The molecule has 5 heteroatoms. The number of esters is 1. The minimum absolute atomic E-state index is 0.0154. The van der Waals surface area contributed by atoms with Crippen molar-refractivity contribution in [2.45, 2.75) is 33.6 Å². The van der Waals surface area contributed by atoms with Crippen molar-refractivity contribution >= 4 is 34.9 Å². The Morgan fingerprint density at radius 2 is 1.31 bits per heavy atom. The minimum atomic E-state index is -2.44.